The molecule has 1 aromatic heterocycles. The van der Waals surface area contributed by atoms with Crippen LogP contribution in [0.1, 0.15) is 20.3 Å². The molecule has 0 spiro atoms. The summed E-state index contributed by atoms with van der Waals surface area (Å²) >= 11 is 2.64. The van der Waals surface area contributed by atoms with Crippen molar-refractivity contribution in [3.63, 3.8) is 0 Å². The monoisotopic (exact) mass is 421 g/mol. The molecule has 1 aliphatic heterocycles. The Morgan fingerprint density at radius 2 is 1.89 bits per heavy atom. The quantitative estimate of drug-likeness (QED) is 0.762. The minimum absolute atomic E-state index is 0.101. The number of likely N-dealkylation sites (tertiary alicyclic amines) is 1. The zero-order chi connectivity index (χ0) is 20.1. The number of nitrogens with one attached hydrogen (secondary N) is 1. The molecule has 2 heterocycles. The van der Waals surface area contributed by atoms with Crippen LogP contribution in [0, 0.1) is 17.7 Å². The molecule has 1 fully saturated rings. The number of benzene rings is 1. The molecule has 0 unspecified atom stereocenters. The second-order valence-corrected chi connectivity index (χ2v) is 9.17. The highest BCUT2D eigenvalue weighted by Crippen LogP contribution is 2.25. The Labute approximate surface area is 172 Å². The van der Waals surface area contributed by atoms with Crippen molar-refractivity contribution in [2.24, 2.45) is 11.8 Å². The number of anilines is 1. The largest absolute Gasteiger partial charge is 0.341 e. The summed E-state index contributed by atoms with van der Waals surface area (Å²) in [5.41, 5.74) is 1.49. The number of thiazole rings is 1. The highest BCUT2D eigenvalue weighted by atomic mass is 32.2. The molecule has 8 heteroatoms. The molecule has 150 valence electrons. The highest BCUT2D eigenvalue weighted by Gasteiger charge is 2.25. The van der Waals surface area contributed by atoms with Crippen LogP contribution in [0.15, 0.2) is 29.6 Å². The molecule has 5 nitrogen and oxygen atoms in total. The van der Waals surface area contributed by atoms with Crippen LogP contribution in [0.25, 0.3) is 11.3 Å². The maximum Gasteiger partial charge on any atom is 0.236 e. The van der Waals surface area contributed by atoms with E-state index in [9.17, 15) is 14.0 Å². The van der Waals surface area contributed by atoms with Crippen LogP contribution in [0.2, 0.25) is 0 Å². The van der Waals surface area contributed by atoms with E-state index in [0.717, 1.165) is 25.1 Å². The van der Waals surface area contributed by atoms with Gasteiger partial charge in [0.1, 0.15) is 5.82 Å². The highest BCUT2D eigenvalue weighted by molar-refractivity contribution is 8.00. The molecule has 1 N–H and O–H groups in total. The van der Waals surface area contributed by atoms with Crippen molar-refractivity contribution in [2.45, 2.75) is 20.3 Å². The number of halogens is 1. The van der Waals surface area contributed by atoms with E-state index in [1.807, 2.05) is 10.3 Å². The molecule has 0 bridgehead atoms. The number of piperidine rings is 1. The number of hydrogen-bond acceptors (Lipinski definition) is 5. The molecule has 2 atom stereocenters. The fourth-order valence-corrected chi connectivity index (χ4v) is 4.88. The van der Waals surface area contributed by atoms with Gasteiger partial charge < -0.3 is 10.2 Å². The standard InChI is InChI=1S/C20H24FN3O2S2/c1-13-7-14(2)9-24(8-13)19(26)12-27-11-18(25)23-20-22-17(10-28-20)15-3-5-16(21)6-4-15/h3-6,10,13-14H,7-9,11-12H2,1-2H3,(H,22,23,25)/t13-,14-/m1/s1. The molecular formula is C20H24FN3O2S2. The predicted octanol–water partition coefficient (Wildman–Crippen LogP) is 4.13. The van der Waals surface area contributed by atoms with Crippen LogP contribution in [0.5, 0.6) is 0 Å². The molecule has 2 aromatic rings. The van der Waals surface area contributed by atoms with Gasteiger partial charge in [0.05, 0.1) is 17.2 Å². The number of amides is 2. The van der Waals surface area contributed by atoms with Gasteiger partial charge in [0, 0.05) is 24.0 Å². The normalized spacial score (nSPS) is 19.5. The molecular weight excluding hydrogens is 397 g/mol. The predicted molar refractivity (Wildman–Crippen MR) is 113 cm³/mol. The first-order valence-corrected chi connectivity index (χ1v) is 11.3. The van der Waals surface area contributed by atoms with E-state index in [1.54, 1.807) is 12.1 Å². The van der Waals surface area contributed by atoms with Gasteiger partial charge in [-0.1, -0.05) is 13.8 Å². The molecule has 3 rings (SSSR count). The third-order valence-corrected chi connectivity index (χ3v) is 6.25. The van der Waals surface area contributed by atoms with E-state index in [1.165, 1.54) is 35.2 Å². The number of carbonyl (C=O) groups excluding carboxylic acids is 2. The molecule has 0 saturated carbocycles. The van der Waals surface area contributed by atoms with Gasteiger partial charge in [-0.15, -0.1) is 23.1 Å². The van der Waals surface area contributed by atoms with Gasteiger partial charge in [0.2, 0.25) is 11.8 Å². The molecule has 1 aromatic carbocycles. The third-order valence-electron chi connectivity index (χ3n) is 4.57. The van der Waals surface area contributed by atoms with Crippen LogP contribution in [0.3, 0.4) is 0 Å². The smallest absolute Gasteiger partial charge is 0.236 e. The fraction of sp³-hybridized carbons (Fsp3) is 0.450. The van der Waals surface area contributed by atoms with Crippen molar-refractivity contribution < 1.29 is 14.0 Å². The van der Waals surface area contributed by atoms with E-state index in [0.29, 0.717) is 28.4 Å². The number of carbonyl (C=O) groups is 2. The molecule has 2 amide bonds. The Balaban J connectivity index is 1.43. The number of thioether (sulfide) groups is 1. The van der Waals surface area contributed by atoms with Crippen LogP contribution in [0.4, 0.5) is 9.52 Å². The summed E-state index contributed by atoms with van der Waals surface area (Å²) < 4.78 is 13.0. The van der Waals surface area contributed by atoms with E-state index in [-0.39, 0.29) is 23.4 Å². The average molecular weight is 422 g/mol. The Kier molecular flexibility index (Phi) is 7.07. The number of rotatable bonds is 6. The zero-order valence-electron chi connectivity index (χ0n) is 16.0. The van der Waals surface area contributed by atoms with E-state index < -0.39 is 0 Å². The summed E-state index contributed by atoms with van der Waals surface area (Å²) in [6.45, 7) is 5.96. The lowest BCUT2D eigenvalue weighted by Gasteiger charge is -2.35. The van der Waals surface area contributed by atoms with Crippen molar-refractivity contribution in [3.8, 4) is 11.3 Å². The van der Waals surface area contributed by atoms with Crippen LogP contribution >= 0.6 is 23.1 Å². The van der Waals surface area contributed by atoms with E-state index >= 15 is 0 Å². The van der Waals surface area contributed by atoms with Gasteiger partial charge in [0.15, 0.2) is 5.13 Å². The lowest BCUT2D eigenvalue weighted by Crippen LogP contribution is -2.43. The van der Waals surface area contributed by atoms with Crippen molar-refractivity contribution in [1.82, 2.24) is 9.88 Å². The van der Waals surface area contributed by atoms with Gasteiger partial charge in [-0.25, -0.2) is 9.37 Å². The van der Waals surface area contributed by atoms with Gasteiger partial charge in [-0.2, -0.15) is 0 Å². The number of aromatic nitrogens is 1. The minimum atomic E-state index is -0.299. The van der Waals surface area contributed by atoms with E-state index in [4.69, 9.17) is 0 Å². The van der Waals surface area contributed by atoms with Gasteiger partial charge >= 0.3 is 0 Å². The van der Waals surface area contributed by atoms with Crippen molar-refractivity contribution in [2.75, 3.05) is 29.9 Å². The van der Waals surface area contributed by atoms with Crippen LogP contribution < -0.4 is 5.32 Å². The minimum Gasteiger partial charge on any atom is -0.341 e. The Morgan fingerprint density at radius 1 is 1.21 bits per heavy atom. The molecule has 1 saturated heterocycles. The molecule has 0 radical (unpaired) electrons. The van der Waals surface area contributed by atoms with Gasteiger partial charge in [-0.05, 0) is 42.5 Å². The van der Waals surface area contributed by atoms with Crippen molar-refractivity contribution >= 4 is 40.0 Å². The van der Waals surface area contributed by atoms with E-state index in [2.05, 4.69) is 24.1 Å². The maximum atomic E-state index is 13.0. The summed E-state index contributed by atoms with van der Waals surface area (Å²) in [5.74, 6) is 1.19. The third kappa shape index (κ3) is 5.78. The number of hydrogen-bond donors (Lipinski definition) is 1. The number of nitrogens with zero attached hydrogens (tertiary/aromatic N) is 2. The molecule has 0 aliphatic carbocycles. The lowest BCUT2D eigenvalue weighted by atomic mass is 9.92. The zero-order valence-corrected chi connectivity index (χ0v) is 17.6. The van der Waals surface area contributed by atoms with Crippen molar-refractivity contribution in [1.29, 1.82) is 0 Å². The fourth-order valence-electron chi connectivity index (χ4n) is 3.43. The first-order chi connectivity index (χ1) is 13.4. The Morgan fingerprint density at radius 3 is 2.57 bits per heavy atom. The Hall–Kier alpha value is -1.93. The maximum absolute atomic E-state index is 13.0. The first kappa shape index (κ1) is 20.8. The van der Waals surface area contributed by atoms with Gasteiger partial charge in [-0.3, -0.25) is 9.59 Å². The lowest BCUT2D eigenvalue weighted by molar-refractivity contribution is -0.130. The summed E-state index contributed by atoms with van der Waals surface area (Å²) in [4.78, 5) is 30.8. The van der Waals surface area contributed by atoms with Gasteiger partial charge in [0.25, 0.3) is 0 Å². The SMILES string of the molecule is C[C@@H]1C[C@@H](C)CN(C(=O)CSCC(=O)Nc2nc(-c3ccc(F)cc3)cs2)C1. The summed E-state index contributed by atoms with van der Waals surface area (Å²) in [5, 5.41) is 5.07. The molecule has 28 heavy (non-hydrogen) atoms. The summed E-state index contributed by atoms with van der Waals surface area (Å²) in [6.07, 6.45) is 1.16. The second kappa shape index (κ2) is 9.52. The Bertz CT molecular complexity index is 815. The first-order valence-electron chi connectivity index (χ1n) is 9.27. The summed E-state index contributed by atoms with van der Waals surface area (Å²) in [7, 11) is 0. The van der Waals surface area contributed by atoms with Crippen molar-refractivity contribution in [3.05, 3.63) is 35.5 Å². The van der Waals surface area contributed by atoms with Crippen LogP contribution in [-0.2, 0) is 9.59 Å². The molecule has 1 aliphatic rings. The summed E-state index contributed by atoms with van der Waals surface area (Å²) in [6, 6.07) is 6.06. The second-order valence-electron chi connectivity index (χ2n) is 7.33. The topological polar surface area (TPSA) is 62.3 Å². The van der Waals surface area contributed by atoms with Crippen LogP contribution in [-0.4, -0.2) is 46.3 Å². The average Bonchev–Trinajstić information content (AvgIpc) is 3.09.